The lowest BCUT2D eigenvalue weighted by Gasteiger charge is -2.21. The molecule has 5 nitrogen and oxygen atoms in total. The molecule has 1 N–H and O–H groups in total. The molecule has 0 spiro atoms. The first-order valence-electron chi connectivity index (χ1n) is 10.2. The summed E-state index contributed by atoms with van der Waals surface area (Å²) in [5.74, 6) is 0.0432. The zero-order chi connectivity index (χ0) is 21.6. The van der Waals surface area contributed by atoms with Crippen LogP contribution in [0.1, 0.15) is 40.3 Å². The fourth-order valence-electron chi connectivity index (χ4n) is 3.88. The molecule has 0 aliphatic rings. The average Bonchev–Trinajstić information content (AvgIpc) is 2.81. The third-order valence-electron chi connectivity index (χ3n) is 5.52. The van der Waals surface area contributed by atoms with E-state index in [1.165, 1.54) is 17.5 Å². The van der Waals surface area contributed by atoms with Crippen LogP contribution in [-0.4, -0.2) is 25.9 Å². The van der Waals surface area contributed by atoms with Crippen LogP contribution in [0, 0.1) is 13.8 Å². The Morgan fingerprint density at radius 1 is 0.935 bits per heavy atom. The zero-order valence-corrected chi connectivity index (χ0v) is 17.6. The Bertz CT molecular complexity index is 1190. The maximum atomic E-state index is 9.83. The number of pyridine rings is 1. The van der Waals surface area contributed by atoms with E-state index in [-0.39, 0.29) is 5.92 Å². The molecule has 0 aliphatic heterocycles. The van der Waals surface area contributed by atoms with Crippen molar-refractivity contribution in [2.24, 2.45) is 5.16 Å². The van der Waals surface area contributed by atoms with Crippen molar-refractivity contribution in [1.82, 2.24) is 15.0 Å². The molecule has 4 rings (SSSR count). The highest BCUT2D eigenvalue weighted by molar-refractivity contribution is 6.01. The molecular weight excluding hydrogens is 384 g/mol. The second-order valence-electron chi connectivity index (χ2n) is 7.60. The van der Waals surface area contributed by atoms with Crippen LogP contribution in [0.4, 0.5) is 0 Å². The first kappa shape index (κ1) is 20.4. The third-order valence-corrected chi connectivity index (χ3v) is 5.52. The van der Waals surface area contributed by atoms with Gasteiger partial charge in [-0.3, -0.25) is 4.98 Å². The minimum Gasteiger partial charge on any atom is -0.411 e. The fraction of sp³-hybridized carbons (Fsp3) is 0.154. The minimum atomic E-state index is 0.0432. The summed E-state index contributed by atoms with van der Waals surface area (Å²) >= 11 is 0. The van der Waals surface area contributed by atoms with Gasteiger partial charge in [-0.2, -0.15) is 0 Å². The summed E-state index contributed by atoms with van der Waals surface area (Å²) < 4.78 is 0. The summed E-state index contributed by atoms with van der Waals surface area (Å²) in [5.41, 5.74) is 8.02. The molecule has 0 saturated carbocycles. The van der Waals surface area contributed by atoms with Gasteiger partial charge in [0, 0.05) is 47.8 Å². The van der Waals surface area contributed by atoms with E-state index >= 15 is 0 Å². The van der Waals surface area contributed by atoms with E-state index in [1.807, 2.05) is 37.5 Å². The van der Waals surface area contributed by atoms with Crippen molar-refractivity contribution in [2.45, 2.75) is 26.2 Å². The Hall–Kier alpha value is -3.86. The molecule has 0 aliphatic carbocycles. The molecule has 2 heterocycles. The zero-order valence-electron chi connectivity index (χ0n) is 17.6. The largest absolute Gasteiger partial charge is 0.411 e. The number of nitrogens with zero attached hydrogens (tertiary/aromatic N) is 4. The van der Waals surface area contributed by atoms with Crippen molar-refractivity contribution in [2.75, 3.05) is 0 Å². The van der Waals surface area contributed by atoms with Crippen LogP contribution >= 0.6 is 0 Å². The van der Waals surface area contributed by atoms with Crippen molar-refractivity contribution < 1.29 is 5.21 Å². The van der Waals surface area contributed by atoms with E-state index in [2.05, 4.69) is 69.5 Å². The number of hydrogen-bond donors (Lipinski definition) is 1. The molecule has 0 saturated heterocycles. The number of aromatic nitrogens is 3. The van der Waals surface area contributed by atoms with Gasteiger partial charge in [0.15, 0.2) is 0 Å². The van der Waals surface area contributed by atoms with E-state index in [0.29, 0.717) is 12.1 Å². The summed E-state index contributed by atoms with van der Waals surface area (Å²) in [5, 5.41) is 13.5. The van der Waals surface area contributed by atoms with Gasteiger partial charge in [-0.05, 0) is 48.2 Å². The molecule has 0 bridgehead atoms. The second kappa shape index (κ2) is 9.30. The van der Waals surface area contributed by atoms with Crippen molar-refractivity contribution in [3.05, 3.63) is 114 Å². The van der Waals surface area contributed by atoms with Crippen molar-refractivity contribution in [3.8, 4) is 11.1 Å². The quantitative estimate of drug-likeness (QED) is 0.258. The topological polar surface area (TPSA) is 71.3 Å². The van der Waals surface area contributed by atoms with E-state index in [4.69, 9.17) is 0 Å². The second-order valence-corrected chi connectivity index (χ2v) is 7.60. The number of aryl methyl sites for hydroxylation is 2. The highest BCUT2D eigenvalue weighted by Crippen LogP contribution is 2.33. The maximum absolute atomic E-state index is 9.83. The van der Waals surface area contributed by atoms with Gasteiger partial charge in [0.2, 0.25) is 0 Å². The van der Waals surface area contributed by atoms with E-state index in [9.17, 15) is 5.21 Å². The lowest BCUT2D eigenvalue weighted by Crippen LogP contribution is -2.12. The summed E-state index contributed by atoms with van der Waals surface area (Å²) in [6.45, 7) is 4.05. The Kier molecular flexibility index (Phi) is 6.13. The highest BCUT2D eigenvalue weighted by Gasteiger charge is 2.20. The van der Waals surface area contributed by atoms with Gasteiger partial charge in [0.05, 0.1) is 5.71 Å². The summed E-state index contributed by atoms with van der Waals surface area (Å²) in [6, 6.07) is 20.6. The highest BCUT2D eigenvalue weighted by atomic mass is 16.4. The maximum Gasteiger partial charge on any atom is 0.115 e. The Balaban J connectivity index is 1.72. The van der Waals surface area contributed by atoms with E-state index in [0.717, 1.165) is 27.9 Å². The van der Waals surface area contributed by atoms with Crippen molar-refractivity contribution in [3.63, 3.8) is 0 Å². The first-order chi connectivity index (χ1) is 15.2. The van der Waals surface area contributed by atoms with Crippen LogP contribution in [0.15, 0.2) is 90.7 Å². The summed E-state index contributed by atoms with van der Waals surface area (Å²) in [4.78, 5) is 12.5. The molecule has 2 aromatic carbocycles. The molecule has 0 amide bonds. The van der Waals surface area contributed by atoms with Crippen LogP contribution in [0.5, 0.6) is 0 Å². The van der Waals surface area contributed by atoms with E-state index in [1.54, 1.807) is 6.20 Å². The Morgan fingerprint density at radius 2 is 1.68 bits per heavy atom. The molecule has 2 aromatic heterocycles. The SMILES string of the molecule is Cc1cc(/C(C[C@H](c2ccc(-c3cncnc3)cc2)c2ccccc2C)=N/O)ccn1. The van der Waals surface area contributed by atoms with Gasteiger partial charge >= 0.3 is 0 Å². The Morgan fingerprint density at radius 3 is 2.35 bits per heavy atom. The minimum absolute atomic E-state index is 0.0432. The fourth-order valence-corrected chi connectivity index (χ4v) is 3.88. The monoisotopic (exact) mass is 408 g/mol. The Labute approximate surface area is 182 Å². The number of rotatable bonds is 6. The standard InChI is InChI=1S/C26H24N4O/c1-18-5-3-4-6-24(18)25(14-26(30-31)22-11-12-29-19(2)13-22)21-9-7-20(8-10-21)23-15-27-17-28-16-23/h3-13,15-17,25,31H,14H2,1-2H3/b30-26+/t25-/m1/s1. The number of oxime groups is 1. The molecule has 4 aromatic rings. The lowest BCUT2D eigenvalue weighted by molar-refractivity contribution is 0.317. The molecule has 0 fully saturated rings. The van der Waals surface area contributed by atoms with E-state index < -0.39 is 0 Å². The van der Waals surface area contributed by atoms with Gasteiger partial charge < -0.3 is 5.21 Å². The summed E-state index contributed by atoms with van der Waals surface area (Å²) in [7, 11) is 0. The molecule has 1 atom stereocenters. The molecule has 154 valence electrons. The number of hydrogen-bond acceptors (Lipinski definition) is 5. The first-order valence-corrected chi connectivity index (χ1v) is 10.2. The van der Waals surface area contributed by atoms with Gasteiger partial charge in [-0.1, -0.05) is 53.7 Å². The van der Waals surface area contributed by atoms with Crippen molar-refractivity contribution >= 4 is 5.71 Å². The average molecular weight is 409 g/mol. The normalized spacial score (nSPS) is 12.5. The van der Waals surface area contributed by atoms with Gasteiger partial charge in [-0.25, -0.2) is 9.97 Å². The van der Waals surface area contributed by atoms with Crippen LogP contribution < -0.4 is 0 Å². The van der Waals surface area contributed by atoms with Crippen LogP contribution in [-0.2, 0) is 0 Å². The third kappa shape index (κ3) is 4.67. The van der Waals surface area contributed by atoms with Crippen LogP contribution in [0.2, 0.25) is 0 Å². The molecular formula is C26H24N4O. The lowest BCUT2D eigenvalue weighted by atomic mass is 9.83. The van der Waals surface area contributed by atoms with Gasteiger partial charge in [-0.15, -0.1) is 0 Å². The van der Waals surface area contributed by atoms with Crippen LogP contribution in [0.3, 0.4) is 0 Å². The van der Waals surface area contributed by atoms with Gasteiger partial charge in [0.1, 0.15) is 6.33 Å². The predicted octanol–water partition coefficient (Wildman–Crippen LogP) is 5.56. The molecule has 5 heteroatoms. The molecule has 0 unspecified atom stereocenters. The van der Waals surface area contributed by atoms with Crippen molar-refractivity contribution in [1.29, 1.82) is 0 Å². The smallest absolute Gasteiger partial charge is 0.115 e. The summed E-state index contributed by atoms with van der Waals surface area (Å²) in [6.07, 6.45) is 7.46. The molecule has 31 heavy (non-hydrogen) atoms. The van der Waals surface area contributed by atoms with Crippen LogP contribution in [0.25, 0.3) is 11.1 Å². The predicted molar refractivity (Wildman–Crippen MR) is 122 cm³/mol. The van der Waals surface area contributed by atoms with Gasteiger partial charge in [0.25, 0.3) is 0 Å². The molecule has 0 radical (unpaired) electrons. The number of benzene rings is 2.